The molecule has 4 rings (SSSR count). The highest BCUT2D eigenvalue weighted by Crippen LogP contribution is 2.55. The minimum absolute atomic E-state index is 0.0384. The molecule has 1 aromatic rings. The molecule has 1 saturated heterocycles. The van der Waals surface area contributed by atoms with Crippen LogP contribution in [0.1, 0.15) is 23.2 Å². The number of esters is 1. The Kier molecular flexibility index (Phi) is 3.85. The number of aromatic hydroxyl groups is 1. The molecule has 5 unspecified atom stereocenters. The van der Waals surface area contributed by atoms with Crippen molar-refractivity contribution in [3.8, 4) is 11.5 Å². The van der Waals surface area contributed by atoms with E-state index in [1.807, 2.05) is 0 Å². The van der Waals surface area contributed by atoms with Gasteiger partial charge in [0.1, 0.15) is 29.3 Å². The van der Waals surface area contributed by atoms with Gasteiger partial charge in [-0.15, -0.1) is 0 Å². The maximum absolute atomic E-state index is 12.1. The number of phenols is 1. The molecule has 2 saturated carbocycles. The van der Waals surface area contributed by atoms with E-state index in [1.54, 1.807) is 0 Å². The van der Waals surface area contributed by atoms with Gasteiger partial charge in [-0.25, -0.2) is 9.59 Å². The van der Waals surface area contributed by atoms with E-state index >= 15 is 0 Å². The summed E-state index contributed by atoms with van der Waals surface area (Å²) in [6.07, 6.45) is -0.144. The van der Waals surface area contributed by atoms with Crippen LogP contribution >= 0.6 is 0 Å². The largest absolute Gasteiger partial charge is 0.507 e. The predicted octanol–water partition coefficient (Wildman–Crippen LogP) is 0.518. The average molecular weight is 384 g/mol. The number of fused-ring (bicyclic) bond motifs is 1. The molecule has 2 aliphatic carbocycles. The van der Waals surface area contributed by atoms with Gasteiger partial charge in [0.15, 0.2) is 6.61 Å². The maximum Gasteiger partial charge on any atom is 0.344 e. The summed E-state index contributed by atoms with van der Waals surface area (Å²) in [4.78, 5) is 23.0. The smallest absolute Gasteiger partial charge is 0.344 e. The molecule has 26 heavy (non-hydrogen) atoms. The van der Waals surface area contributed by atoms with Crippen molar-refractivity contribution in [1.82, 2.24) is 0 Å². The number of carboxylic acids is 1. The number of aromatic carboxylic acids is 1. The van der Waals surface area contributed by atoms with Crippen LogP contribution in [0.5, 0.6) is 11.5 Å². The van der Waals surface area contributed by atoms with E-state index in [2.05, 4.69) is 0 Å². The number of hydrogen-bond donors (Lipinski definition) is 2. The van der Waals surface area contributed by atoms with Crippen LogP contribution in [0.15, 0.2) is 18.2 Å². The van der Waals surface area contributed by atoms with E-state index in [0.29, 0.717) is 12.8 Å². The van der Waals surface area contributed by atoms with Crippen molar-refractivity contribution < 1.29 is 41.9 Å². The van der Waals surface area contributed by atoms with Gasteiger partial charge >= 0.3 is 11.9 Å². The predicted molar refractivity (Wildman–Crippen MR) is 84.2 cm³/mol. The lowest BCUT2D eigenvalue weighted by Crippen LogP contribution is -2.38. The number of carbonyl (C=O) groups excluding carboxylic acids is 1. The van der Waals surface area contributed by atoms with Gasteiger partial charge in [0, 0.05) is 11.8 Å². The zero-order valence-corrected chi connectivity index (χ0v) is 14.2. The van der Waals surface area contributed by atoms with Gasteiger partial charge < -0.3 is 19.7 Å². The van der Waals surface area contributed by atoms with Crippen LogP contribution in [0, 0.1) is 11.8 Å². The molecule has 2 N–H and O–H groups in total. The van der Waals surface area contributed by atoms with Gasteiger partial charge in [0.05, 0.1) is 5.25 Å². The SMILES string of the molecule is O=C(COc1ccc(O)c(C(=O)O)c1)OC1C2CC3C1OS(=O)(=O)C3C2. The summed E-state index contributed by atoms with van der Waals surface area (Å²) in [6, 6.07) is 3.57. The van der Waals surface area contributed by atoms with Gasteiger partial charge in [-0.05, 0) is 31.0 Å². The lowest BCUT2D eigenvalue weighted by Gasteiger charge is -2.24. The zero-order valence-electron chi connectivity index (χ0n) is 13.4. The lowest BCUT2D eigenvalue weighted by molar-refractivity contribution is -0.158. The third-order valence-corrected chi connectivity index (χ3v) is 7.01. The van der Waals surface area contributed by atoms with E-state index < -0.39 is 51.9 Å². The lowest BCUT2D eigenvalue weighted by atomic mass is 9.94. The Balaban J connectivity index is 1.37. The number of carbonyl (C=O) groups is 2. The number of carboxylic acid groups (broad SMARTS) is 1. The number of benzene rings is 1. The Morgan fingerprint density at radius 3 is 2.77 bits per heavy atom. The first-order valence-corrected chi connectivity index (χ1v) is 9.54. The summed E-state index contributed by atoms with van der Waals surface area (Å²) in [5, 5.41) is 17.9. The molecule has 10 heteroatoms. The van der Waals surface area contributed by atoms with Crippen molar-refractivity contribution in [3.63, 3.8) is 0 Å². The Morgan fingerprint density at radius 2 is 2.04 bits per heavy atom. The van der Waals surface area contributed by atoms with Crippen molar-refractivity contribution >= 4 is 22.1 Å². The van der Waals surface area contributed by atoms with E-state index in [1.165, 1.54) is 6.07 Å². The third kappa shape index (κ3) is 2.69. The highest BCUT2D eigenvalue weighted by Gasteiger charge is 2.65. The second-order valence-corrected chi connectivity index (χ2v) is 8.50. The molecule has 140 valence electrons. The van der Waals surface area contributed by atoms with Crippen LogP contribution in [0.3, 0.4) is 0 Å². The Hall–Kier alpha value is -2.33. The topological polar surface area (TPSA) is 136 Å². The molecular weight excluding hydrogens is 368 g/mol. The average Bonchev–Trinajstić information content (AvgIpc) is 3.18. The number of ether oxygens (including phenoxy) is 2. The van der Waals surface area contributed by atoms with Crippen molar-refractivity contribution in [2.24, 2.45) is 11.8 Å². The molecule has 2 bridgehead atoms. The fourth-order valence-electron chi connectivity index (χ4n) is 4.15. The van der Waals surface area contributed by atoms with Gasteiger partial charge in [0.25, 0.3) is 10.1 Å². The monoisotopic (exact) mass is 384 g/mol. The third-order valence-electron chi connectivity index (χ3n) is 5.24. The van der Waals surface area contributed by atoms with E-state index in [0.717, 1.165) is 12.1 Å². The second kappa shape index (κ2) is 5.85. The zero-order chi connectivity index (χ0) is 18.6. The van der Waals surface area contributed by atoms with E-state index in [-0.39, 0.29) is 23.1 Å². The number of rotatable bonds is 5. The standard InChI is InChI=1S/C16H16O9S/c17-11-2-1-8(5-9(11)16(19)20)23-6-13(18)24-14-7-3-10-12(4-7)26(21,22)25-15(10)14/h1-2,5,7,10,12,14-15,17H,3-4,6H2,(H,19,20). The summed E-state index contributed by atoms with van der Waals surface area (Å²) in [5.74, 6) is -2.51. The minimum atomic E-state index is -3.57. The summed E-state index contributed by atoms with van der Waals surface area (Å²) in [7, 11) is -3.57. The van der Waals surface area contributed by atoms with Gasteiger partial charge in [0.2, 0.25) is 0 Å². The van der Waals surface area contributed by atoms with Crippen LogP contribution in [0.25, 0.3) is 0 Å². The summed E-state index contributed by atoms with van der Waals surface area (Å²) >= 11 is 0. The highest BCUT2D eigenvalue weighted by atomic mass is 32.2. The molecule has 0 radical (unpaired) electrons. The maximum atomic E-state index is 12.1. The van der Waals surface area contributed by atoms with Crippen molar-refractivity contribution in [2.45, 2.75) is 30.3 Å². The van der Waals surface area contributed by atoms with Gasteiger partial charge in [-0.1, -0.05) is 0 Å². The van der Waals surface area contributed by atoms with Crippen molar-refractivity contribution in [3.05, 3.63) is 23.8 Å². The Bertz CT molecular complexity index is 878. The molecular formula is C16H16O9S. The van der Waals surface area contributed by atoms with Crippen molar-refractivity contribution in [2.75, 3.05) is 6.61 Å². The molecule has 5 atom stereocenters. The Morgan fingerprint density at radius 1 is 1.27 bits per heavy atom. The first-order chi connectivity index (χ1) is 12.3. The molecule has 9 nitrogen and oxygen atoms in total. The van der Waals surface area contributed by atoms with Crippen LogP contribution in [0.4, 0.5) is 0 Å². The quantitative estimate of drug-likeness (QED) is 0.550. The molecule has 3 aliphatic rings. The van der Waals surface area contributed by atoms with Gasteiger partial charge in [-0.3, -0.25) is 4.18 Å². The molecule has 1 aromatic carbocycles. The normalized spacial score (nSPS) is 33.2. The van der Waals surface area contributed by atoms with E-state index in [4.69, 9.17) is 18.8 Å². The molecule has 1 aliphatic heterocycles. The van der Waals surface area contributed by atoms with E-state index in [9.17, 15) is 23.1 Å². The molecule has 1 heterocycles. The molecule has 0 amide bonds. The summed E-state index contributed by atoms with van der Waals surface area (Å²) in [5.41, 5.74) is -0.348. The molecule has 0 aromatic heterocycles. The fraction of sp³-hybridized carbons (Fsp3) is 0.500. The summed E-state index contributed by atoms with van der Waals surface area (Å²) < 4.78 is 39.5. The van der Waals surface area contributed by atoms with Crippen molar-refractivity contribution in [1.29, 1.82) is 0 Å². The first kappa shape index (κ1) is 17.1. The van der Waals surface area contributed by atoms with Crippen LogP contribution in [-0.2, 0) is 23.8 Å². The van der Waals surface area contributed by atoms with Crippen LogP contribution in [0.2, 0.25) is 0 Å². The Labute approximate surface area is 148 Å². The van der Waals surface area contributed by atoms with Gasteiger partial charge in [-0.2, -0.15) is 8.42 Å². The van der Waals surface area contributed by atoms with Crippen LogP contribution in [-0.4, -0.2) is 54.6 Å². The minimum Gasteiger partial charge on any atom is -0.507 e. The second-order valence-electron chi connectivity index (χ2n) is 6.71. The first-order valence-electron chi connectivity index (χ1n) is 8.07. The molecule has 3 fully saturated rings. The highest BCUT2D eigenvalue weighted by molar-refractivity contribution is 7.87. The van der Waals surface area contributed by atoms with Crippen LogP contribution < -0.4 is 4.74 Å². The fourth-order valence-corrected chi connectivity index (χ4v) is 6.03. The number of hydrogen-bond acceptors (Lipinski definition) is 8. The molecule has 0 spiro atoms. The summed E-state index contributed by atoms with van der Waals surface area (Å²) in [6.45, 7) is -0.472.